The summed E-state index contributed by atoms with van der Waals surface area (Å²) in [5.74, 6) is 0.999. The number of carbonyl (C=O) groups is 2. The van der Waals surface area contributed by atoms with Crippen LogP contribution in [0.1, 0.15) is 43.0 Å². The fourth-order valence-electron chi connectivity index (χ4n) is 3.38. The van der Waals surface area contributed by atoms with Crippen LogP contribution in [-0.2, 0) is 21.9 Å². The zero-order chi connectivity index (χ0) is 23.8. The number of halogens is 2. The van der Waals surface area contributed by atoms with Gasteiger partial charge in [0.15, 0.2) is 0 Å². The van der Waals surface area contributed by atoms with Crippen LogP contribution in [0, 0.1) is 19.8 Å². The van der Waals surface area contributed by atoms with Crippen molar-refractivity contribution in [2.24, 2.45) is 5.92 Å². The first-order chi connectivity index (χ1) is 15.1. The quantitative estimate of drug-likeness (QED) is 0.438. The van der Waals surface area contributed by atoms with Gasteiger partial charge in [-0.3, -0.25) is 9.59 Å². The van der Waals surface area contributed by atoms with Crippen molar-refractivity contribution in [2.75, 3.05) is 12.3 Å². The maximum absolute atomic E-state index is 13.2. The Balaban J connectivity index is 2.14. The molecular weight excluding hydrogens is 463 g/mol. The molecule has 0 aliphatic carbocycles. The Morgan fingerprint density at radius 2 is 1.62 bits per heavy atom. The van der Waals surface area contributed by atoms with E-state index >= 15 is 0 Å². The Morgan fingerprint density at radius 1 is 1.03 bits per heavy atom. The van der Waals surface area contributed by atoms with E-state index in [4.69, 9.17) is 23.2 Å². The summed E-state index contributed by atoms with van der Waals surface area (Å²) >= 11 is 14.2. The second-order valence-electron chi connectivity index (χ2n) is 8.53. The first kappa shape index (κ1) is 26.6. The predicted octanol–water partition coefficient (Wildman–Crippen LogP) is 6.03. The van der Waals surface area contributed by atoms with E-state index in [1.54, 1.807) is 30.0 Å². The third kappa shape index (κ3) is 8.02. The molecule has 0 saturated carbocycles. The first-order valence-electron chi connectivity index (χ1n) is 10.7. The number of carbonyl (C=O) groups excluding carboxylic acids is 2. The van der Waals surface area contributed by atoms with Gasteiger partial charge in [0, 0.05) is 34.5 Å². The smallest absolute Gasteiger partial charge is 0.242 e. The van der Waals surface area contributed by atoms with Gasteiger partial charge in [0.1, 0.15) is 6.04 Å². The molecule has 2 amide bonds. The summed E-state index contributed by atoms with van der Waals surface area (Å²) < 4.78 is 0. The second-order valence-corrected chi connectivity index (χ2v) is 10.3. The average Bonchev–Trinajstić information content (AvgIpc) is 2.70. The summed E-state index contributed by atoms with van der Waals surface area (Å²) in [4.78, 5) is 27.5. The van der Waals surface area contributed by atoms with Crippen LogP contribution in [0.25, 0.3) is 0 Å². The zero-order valence-corrected chi connectivity index (χ0v) is 21.7. The van der Waals surface area contributed by atoms with Gasteiger partial charge in [0.25, 0.3) is 0 Å². The van der Waals surface area contributed by atoms with Gasteiger partial charge in [-0.2, -0.15) is 0 Å². The van der Waals surface area contributed by atoms with Crippen molar-refractivity contribution in [1.29, 1.82) is 0 Å². The molecule has 0 heterocycles. The van der Waals surface area contributed by atoms with Crippen molar-refractivity contribution in [3.63, 3.8) is 0 Å². The summed E-state index contributed by atoms with van der Waals surface area (Å²) in [6.45, 7) is 10.7. The molecule has 32 heavy (non-hydrogen) atoms. The molecular formula is C25H32Cl2N2O2S. The number of amides is 2. The molecule has 0 saturated heterocycles. The Morgan fingerprint density at radius 3 is 2.19 bits per heavy atom. The summed E-state index contributed by atoms with van der Waals surface area (Å²) in [7, 11) is 0. The number of rotatable bonds is 10. The van der Waals surface area contributed by atoms with E-state index in [0.29, 0.717) is 28.1 Å². The van der Waals surface area contributed by atoms with Gasteiger partial charge in [0.05, 0.1) is 5.75 Å². The highest BCUT2D eigenvalue weighted by Gasteiger charge is 2.27. The van der Waals surface area contributed by atoms with E-state index in [2.05, 4.69) is 37.4 Å². The number of hydrogen-bond donors (Lipinski definition) is 1. The maximum atomic E-state index is 13.2. The van der Waals surface area contributed by atoms with E-state index in [-0.39, 0.29) is 24.1 Å². The van der Waals surface area contributed by atoms with Crippen LogP contribution in [0.5, 0.6) is 0 Å². The van der Waals surface area contributed by atoms with Gasteiger partial charge >= 0.3 is 0 Å². The van der Waals surface area contributed by atoms with Gasteiger partial charge in [-0.05, 0) is 44.4 Å². The lowest BCUT2D eigenvalue weighted by molar-refractivity contribution is -0.138. The molecule has 0 fully saturated rings. The highest BCUT2D eigenvalue weighted by Crippen LogP contribution is 2.27. The molecule has 4 nitrogen and oxygen atoms in total. The standard InChI is InChI=1S/C25H32Cl2N2O2S/c1-16(2)12-28-25(31)19(5)29(13-21-22(26)7-6-8-23(21)27)24(30)15-32-14-20-10-17(3)9-18(4)11-20/h6-11,16,19H,12-15H2,1-5H3,(H,28,31)/t19-/m1/s1. The van der Waals surface area contributed by atoms with E-state index < -0.39 is 6.04 Å². The number of hydrogen-bond acceptors (Lipinski definition) is 3. The van der Waals surface area contributed by atoms with Gasteiger partial charge in [-0.25, -0.2) is 0 Å². The summed E-state index contributed by atoms with van der Waals surface area (Å²) in [5, 5.41) is 3.88. The fourth-order valence-corrected chi connectivity index (χ4v) is 4.74. The number of nitrogens with zero attached hydrogens (tertiary/aromatic N) is 1. The van der Waals surface area contributed by atoms with E-state index in [1.807, 2.05) is 13.8 Å². The molecule has 0 bridgehead atoms. The van der Waals surface area contributed by atoms with Gasteiger partial charge in [0.2, 0.25) is 11.8 Å². The van der Waals surface area contributed by atoms with Crippen LogP contribution in [0.15, 0.2) is 36.4 Å². The second kappa shape index (κ2) is 12.5. The van der Waals surface area contributed by atoms with Crippen LogP contribution in [-0.4, -0.2) is 35.1 Å². The third-order valence-electron chi connectivity index (χ3n) is 5.02. The molecule has 2 aromatic carbocycles. The first-order valence-corrected chi connectivity index (χ1v) is 12.6. The monoisotopic (exact) mass is 494 g/mol. The Labute approximate surface area is 206 Å². The van der Waals surface area contributed by atoms with E-state index in [0.717, 1.165) is 5.75 Å². The van der Waals surface area contributed by atoms with Crippen LogP contribution >= 0.6 is 35.0 Å². The lowest BCUT2D eigenvalue weighted by atomic mass is 10.1. The van der Waals surface area contributed by atoms with Gasteiger partial charge in [-0.1, -0.05) is 72.4 Å². The van der Waals surface area contributed by atoms with E-state index in [9.17, 15) is 9.59 Å². The van der Waals surface area contributed by atoms with Crippen molar-refractivity contribution in [3.8, 4) is 0 Å². The van der Waals surface area contributed by atoms with Crippen LogP contribution < -0.4 is 5.32 Å². The van der Waals surface area contributed by atoms with Crippen molar-refractivity contribution >= 4 is 46.8 Å². The zero-order valence-electron chi connectivity index (χ0n) is 19.4. The molecule has 7 heteroatoms. The van der Waals surface area contributed by atoms with Crippen molar-refractivity contribution in [3.05, 3.63) is 68.7 Å². The van der Waals surface area contributed by atoms with Crippen molar-refractivity contribution in [2.45, 2.75) is 53.0 Å². The molecule has 0 unspecified atom stereocenters. The molecule has 0 aliphatic rings. The Hall–Kier alpha value is -1.69. The Kier molecular flexibility index (Phi) is 10.4. The molecule has 1 atom stereocenters. The van der Waals surface area contributed by atoms with E-state index in [1.165, 1.54) is 28.5 Å². The number of aryl methyl sites for hydroxylation is 2. The molecule has 2 rings (SSSR count). The minimum absolute atomic E-state index is 0.123. The minimum atomic E-state index is -0.643. The number of thioether (sulfide) groups is 1. The van der Waals surface area contributed by atoms with Gasteiger partial charge in [-0.15, -0.1) is 11.8 Å². The fraction of sp³-hybridized carbons (Fsp3) is 0.440. The van der Waals surface area contributed by atoms with Crippen molar-refractivity contribution < 1.29 is 9.59 Å². The lowest BCUT2D eigenvalue weighted by Gasteiger charge is -2.29. The molecule has 0 radical (unpaired) electrons. The van der Waals surface area contributed by atoms with Crippen molar-refractivity contribution in [1.82, 2.24) is 10.2 Å². The highest BCUT2D eigenvalue weighted by molar-refractivity contribution is 7.99. The molecule has 1 N–H and O–H groups in total. The Bertz CT molecular complexity index is 909. The topological polar surface area (TPSA) is 49.4 Å². The molecule has 0 aromatic heterocycles. The normalized spacial score (nSPS) is 12.0. The summed E-state index contributed by atoms with van der Waals surface area (Å²) in [6, 6.07) is 11.0. The van der Waals surface area contributed by atoms with Crippen LogP contribution in [0.2, 0.25) is 10.0 Å². The van der Waals surface area contributed by atoms with Gasteiger partial charge < -0.3 is 10.2 Å². The lowest BCUT2D eigenvalue weighted by Crippen LogP contribution is -2.48. The largest absolute Gasteiger partial charge is 0.354 e. The highest BCUT2D eigenvalue weighted by atomic mass is 35.5. The summed E-state index contributed by atoms with van der Waals surface area (Å²) in [6.07, 6.45) is 0. The molecule has 0 spiro atoms. The predicted molar refractivity (Wildman–Crippen MR) is 136 cm³/mol. The van der Waals surface area contributed by atoms with Crippen LogP contribution in [0.4, 0.5) is 0 Å². The molecule has 174 valence electrons. The molecule has 0 aliphatic heterocycles. The maximum Gasteiger partial charge on any atom is 0.242 e. The third-order valence-corrected chi connectivity index (χ3v) is 6.71. The molecule has 2 aromatic rings. The summed E-state index contributed by atoms with van der Waals surface area (Å²) in [5.41, 5.74) is 4.24. The SMILES string of the molecule is Cc1cc(C)cc(CSCC(=O)N(Cc2c(Cl)cccc2Cl)[C@H](C)C(=O)NCC(C)C)c1. The minimum Gasteiger partial charge on any atom is -0.354 e. The number of benzene rings is 2. The van der Waals surface area contributed by atoms with Crippen LogP contribution in [0.3, 0.4) is 0 Å². The number of nitrogens with one attached hydrogen (secondary N) is 1. The average molecular weight is 496 g/mol.